The zero-order chi connectivity index (χ0) is 8.85. The van der Waals surface area contributed by atoms with Crippen LogP contribution in [0.2, 0.25) is 0 Å². The minimum absolute atomic E-state index is 0. The molecule has 1 saturated heterocycles. The van der Waals surface area contributed by atoms with Crippen molar-refractivity contribution in [2.75, 3.05) is 26.7 Å². The van der Waals surface area contributed by atoms with E-state index in [2.05, 4.69) is 14.0 Å². The van der Waals surface area contributed by atoms with Crippen LogP contribution in [0.3, 0.4) is 0 Å². The number of carbonyl (C=O) groups excluding carboxylic acids is 1. The van der Waals surface area contributed by atoms with Gasteiger partial charge in [-0.05, 0) is 6.54 Å². The van der Waals surface area contributed by atoms with Crippen LogP contribution in [-0.2, 0) is 25.9 Å². The molecule has 13 heavy (non-hydrogen) atoms. The third-order valence-electron chi connectivity index (χ3n) is 1.54. The first-order valence-corrected chi connectivity index (χ1v) is 3.70. The normalized spacial score (nSPS) is 16.3. The second-order valence-electron chi connectivity index (χ2n) is 2.37. The third kappa shape index (κ3) is 7.21. The Hall–Kier alpha value is 0.118. The number of likely N-dealkylation sites (N-methyl/N-ethyl adjacent to an activating group) is 1. The second kappa shape index (κ2) is 10.2. The van der Waals surface area contributed by atoms with Crippen LogP contribution in [0.4, 0.5) is 0 Å². The van der Waals surface area contributed by atoms with Crippen LogP contribution in [0.15, 0.2) is 0 Å². The van der Waals surface area contributed by atoms with E-state index in [-0.39, 0.29) is 34.4 Å². The third-order valence-corrected chi connectivity index (χ3v) is 1.54. The molecule has 0 aliphatic carbocycles. The molecule has 0 radical (unpaired) electrons. The standard InChI is InChI=1S/C6H11N2O.C2H5.CH3.W/c1-7-3-4-8(2)6(9)5-7;1-2;;/h1,3-5H2,2H3;1H2,2H3;1H3;/q3*-1;. The van der Waals surface area contributed by atoms with E-state index in [1.807, 2.05) is 7.05 Å². The Morgan fingerprint density at radius 2 is 1.77 bits per heavy atom. The minimum Gasteiger partial charge on any atom is -0.450 e. The van der Waals surface area contributed by atoms with Gasteiger partial charge in [0.15, 0.2) is 0 Å². The van der Waals surface area contributed by atoms with E-state index in [0.29, 0.717) is 6.54 Å². The number of nitrogens with zero attached hydrogens (tertiary/aromatic N) is 2. The molecule has 0 aromatic carbocycles. The van der Waals surface area contributed by atoms with Crippen LogP contribution in [0.5, 0.6) is 0 Å². The molecule has 0 aromatic heterocycles. The van der Waals surface area contributed by atoms with Crippen molar-refractivity contribution in [2.45, 2.75) is 6.92 Å². The summed E-state index contributed by atoms with van der Waals surface area (Å²) in [6.07, 6.45) is 0. The zero-order valence-corrected chi connectivity index (χ0v) is 11.7. The van der Waals surface area contributed by atoms with Gasteiger partial charge in [0.1, 0.15) is 0 Å². The Labute approximate surface area is 96.7 Å². The van der Waals surface area contributed by atoms with E-state index in [4.69, 9.17) is 0 Å². The maximum Gasteiger partial charge on any atom is 0.234 e. The molecule has 0 unspecified atom stereocenters. The first kappa shape index (κ1) is 18.8. The van der Waals surface area contributed by atoms with E-state index in [9.17, 15) is 4.79 Å². The van der Waals surface area contributed by atoms with Crippen molar-refractivity contribution in [1.82, 2.24) is 9.80 Å². The number of hydrogen-bond donors (Lipinski definition) is 0. The molecule has 1 aliphatic rings. The summed E-state index contributed by atoms with van der Waals surface area (Å²) in [5.41, 5.74) is 0. The largest absolute Gasteiger partial charge is 0.450 e. The van der Waals surface area contributed by atoms with E-state index >= 15 is 0 Å². The van der Waals surface area contributed by atoms with Crippen LogP contribution >= 0.6 is 0 Å². The smallest absolute Gasteiger partial charge is 0.234 e. The monoisotopic (exact) mass is 355 g/mol. The van der Waals surface area contributed by atoms with Crippen LogP contribution in [0.25, 0.3) is 0 Å². The van der Waals surface area contributed by atoms with Gasteiger partial charge in [-0.2, -0.15) is 6.92 Å². The van der Waals surface area contributed by atoms with Crippen molar-refractivity contribution in [2.24, 2.45) is 0 Å². The van der Waals surface area contributed by atoms with Crippen LogP contribution in [0.1, 0.15) is 6.92 Å². The molecular weight excluding hydrogens is 336 g/mol. The van der Waals surface area contributed by atoms with Gasteiger partial charge in [-0.3, -0.25) is 11.8 Å². The van der Waals surface area contributed by atoms with Gasteiger partial charge in [-0.25, -0.2) is 0 Å². The Balaban J connectivity index is -0.000000234. The molecule has 3 nitrogen and oxygen atoms in total. The van der Waals surface area contributed by atoms with E-state index in [1.165, 1.54) is 0 Å². The number of piperazine rings is 1. The van der Waals surface area contributed by atoms with Gasteiger partial charge in [0.25, 0.3) is 0 Å². The molecular formula is C9H19N2OW-3. The summed E-state index contributed by atoms with van der Waals surface area (Å²) in [5.74, 6) is 0.163. The number of carbonyl (C=O) groups is 1. The predicted octanol–water partition coefficient (Wildman–Crippen LogP) is 0.840. The Bertz CT molecular complexity index is 131. The van der Waals surface area contributed by atoms with Crippen LogP contribution < -0.4 is 0 Å². The summed E-state index contributed by atoms with van der Waals surface area (Å²) in [4.78, 5) is 14.4. The van der Waals surface area contributed by atoms with Crippen molar-refractivity contribution in [3.63, 3.8) is 0 Å². The maximum absolute atomic E-state index is 10.8. The summed E-state index contributed by atoms with van der Waals surface area (Å²) in [6, 6.07) is 0. The van der Waals surface area contributed by atoms with Gasteiger partial charge in [0.2, 0.25) is 5.91 Å². The van der Waals surface area contributed by atoms with Gasteiger partial charge in [-0.15, -0.1) is 0 Å². The molecule has 4 heteroatoms. The molecule has 1 aliphatic heterocycles. The van der Waals surface area contributed by atoms with Crippen molar-refractivity contribution in [3.05, 3.63) is 21.4 Å². The summed E-state index contributed by atoms with van der Waals surface area (Å²) in [7, 11) is 5.48. The fourth-order valence-corrected chi connectivity index (χ4v) is 0.807. The molecule has 1 heterocycles. The summed E-state index contributed by atoms with van der Waals surface area (Å²) in [6.45, 7) is 7.17. The minimum atomic E-state index is 0. The summed E-state index contributed by atoms with van der Waals surface area (Å²) in [5, 5.41) is 0. The Morgan fingerprint density at radius 1 is 1.31 bits per heavy atom. The van der Waals surface area contributed by atoms with Gasteiger partial charge in [0, 0.05) is 34.7 Å². The van der Waals surface area contributed by atoms with Gasteiger partial charge in [0.05, 0.1) is 6.54 Å². The molecule has 1 fully saturated rings. The molecule has 80 valence electrons. The molecule has 0 saturated carbocycles. The van der Waals surface area contributed by atoms with Crippen LogP contribution in [-0.4, -0.2) is 42.4 Å². The van der Waals surface area contributed by atoms with Crippen molar-refractivity contribution < 1.29 is 25.9 Å². The van der Waals surface area contributed by atoms with Gasteiger partial charge in [-0.1, -0.05) is 0 Å². The number of amides is 1. The van der Waals surface area contributed by atoms with Gasteiger partial charge < -0.3 is 24.2 Å². The first-order chi connectivity index (χ1) is 5.20. The SMILES string of the molecule is [CH2-]C.[CH2-]N1CCN(C)C(=O)C1.[CH3-].[W]. The average Bonchev–Trinajstić information content (AvgIpc) is 2.02. The Kier molecular flexibility index (Phi) is 14.8. The molecule has 1 rings (SSSR count). The van der Waals surface area contributed by atoms with E-state index < -0.39 is 0 Å². The molecule has 0 aromatic rings. The van der Waals surface area contributed by atoms with Crippen molar-refractivity contribution in [3.8, 4) is 0 Å². The fourth-order valence-electron chi connectivity index (χ4n) is 0.807. The number of rotatable bonds is 0. The molecule has 0 spiro atoms. The first-order valence-electron chi connectivity index (χ1n) is 3.70. The molecule has 0 atom stereocenters. The van der Waals surface area contributed by atoms with Crippen molar-refractivity contribution in [1.29, 1.82) is 0 Å². The molecule has 0 N–H and O–H groups in total. The second-order valence-corrected chi connectivity index (χ2v) is 2.37. The molecule has 1 amide bonds. The summed E-state index contributed by atoms with van der Waals surface area (Å²) >= 11 is 0. The maximum atomic E-state index is 10.8. The quantitative estimate of drug-likeness (QED) is 0.602. The van der Waals surface area contributed by atoms with Crippen LogP contribution in [0, 0.1) is 21.4 Å². The van der Waals surface area contributed by atoms with E-state index in [0.717, 1.165) is 13.1 Å². The molecule has 0 bridgehead atoms. The van der Waals surface area contributed by atoms with E-state index in [1.54, 1.807) is 16.7 Å². The van der Waals surface area contributed by atoms with Crippen molar-refractivity contribution >= 4 is 5.91 Å². The summed E-state index contributed by atoms with van der Waals surface area (Å²) < 4.78 is 0. The van der Waals surface area contributed by atoms with Gasteiger partial charge >= 0.3 is 0 Å². The average molecular weight is 355 g/mol. The number of hydrogen-bond acceptors (Lipinski definition) is 2. The fraction of sp³-hybridized carbons (Fsp3) is 0.556. The Morgan fingerprint density at radius 3 is 2.08 bits per heavy atom. The predicted molar refractivity (Wildman–Crippen MR) is 52.0 cm³/mol. The topological polar surface area (TPSA) is 23.6 Å². The zero-order valence-electron chi connectivity index (χ0n) is 8.75.